The van der Waals surface area contributed by atoms with E-state index in [4.69, 9.17) is 11.6 Å². The molecule has 1 aliphatic heterocycles. The zero-order valence-corrected chi connectivity index (χ0v) is 9.44. The van der Waals surface area contributed by atoms with Crippen LogP contribution in [-0.2, 0) is 4.79 Å². The minimum atomic E-state index is 0.593. The number of hydrogen-bond acceptors (Lipinski definition) is 2. The molecule has 0 N–H and O–H groups in total. The maximum absolute atomic E-state index is 10.8. The smallest absolute Gasteiger partial charge is 0.157 e. The van der Waals surface area contributed by atoms with E-state index in [1.54, 1.807) is 0 Å². The lowest BCUT2D eigenvalue weighted by molar-refractivity contribution is -0.104. The average Bonchev–Trinajstić information content (AvgIpc) is 2.29. The highest BCUT2D eigenvalue weighted by Crippen LogP contribution is 2.31. The predicted octanol–water partition coefficient (Wildman–Crippen LogP) is 3.79. The maximum atomic E-state index is 10.8. The van der Waals surface area contributed by atoms with Gasteiger partial charge in [-0.25, -0.2) is 0 Å². The van der Waals surface area contributed by atoms with E-state index in [0.29, 0.717) is 16.4 Å². The first-order chi connectivity index (χ1) is 6.77. The highest BCUT2D eigenvalue weighted by molar-refractivity contribution is 8.07. The van der Waals surface area contributed by atoms with Crippen molar-refractivity contribution in [2.75, 3.05) is 0 Å². The second kappa shape index (κ2) is 5.89. The topological polar surface area (TPSA) is 17.1 Å². The summed E-state index contributed by atoms with van der Waals surface area (Å²) in [5, 5.41) is 0.601. The van der Waals surface area contributed by atoms with Gasteiger partial charge in [-0.05, 0) is 13.0 Å². The van der Waals surface area contributed by atoms with E-state index in [1.807, 2.05) is 37.3 Å². The zero-order chi connectivity index (χ0) is 10.4. The molecule has 0 aromatic heterocycles. The molecule has 0 bridgehead atoms. The van der Waals surface area contributed by atoms with Crippen LogP contribution >= 0.6 is 23.4 Å². The van der Waals surface area contributed by atoms with Crippen molar-refractivity contribution in [3.63, 3.8) is 0 Å². The van der Waals surface area contributed by atoms with E-state index < -0.39 is 0 Å². The molecule has 0 amide bonds. The number of thioether (sulfide) groups is 1. The Morgan fingerprint density at radius 2 is 2.29 bits per heavy atom. The van der Waals surface area contributed by atoms with Gasteiger partial charge in [0.05, 0.1) is 4.91 Å². The molecule has 0 aromatic carbocycles. The van der Waals surface area contributed by atoms with Crippen LogP contribution in [0.25, 0.3) is 0 Å². The van der Waals surface area contributed by atoms with Crippen LogP contribution in [-0.4, -0.2) is 6.29 Å². The van der Waals surface area contributed by atoms with Gasteiger partial charge >= 0.3 is 0 Å². The van der Waals surface area contributed by atoms with E-state index in [-0.39, 0.29) is 0 Å². The Labute approximate surface area is 93.2 Å². The van der Waals surface area contributed by atoms with Gasteiger partial charge in [-0.1, -0.05) is 47.7 Å². The molecule has 14 heavy (non-hydrogen) atoms. The standard InChI is InChI=1S/C11H11ClOS/c1-2-9-6-4-3-5-7-10(12)11(8-13)14-9/h2-6,8H,7H2,1H3. The molecule has 1 nitrogen and oxygen atoms in total. The summed E-state index contributed by atoms with van der Waals surface area (Å²) >= 11 is 7.38. The van der Waals surface area contributed by atoms with Crippen molar-refractivity contribution >= 4 is 29.6 Å². The van der Waals surface area contributed by atoms with E-state index >= 15 is 0 Å². The SMILES string of the molecule is CC=C1C=CC=CCC(Cl)=C(C=O)S1. The number of carbonyl (C=O) groups excluding carboxylic acids is 1. The minimum Gasteiger partial charge on any atom is -0.297 e. The molecular formula is C11H11ClOS. The molecule has 0 saturated heterocycles. The molecule has 1 aliphatic rings. The van der Waals surface area contributed by atoms with Crippen LogP contribution in [0.1, 0.15) is 13.3 Å². The predicted molar refractivity (Wildman–Crippen MR) is 63.2 cm³/mol. The highest BCUT2D eigenvalue weighted by atomic mass is 35.5. The molecule has 0 spiro atoms. The van der Waals surface area contributed by atoms with Gasteiger partial charge in [-0.3, -0.25) is 4.79 Å². The van der Waals surface area contributed by atoms with Crippen molar-refractivity contribution in [2.45, 2.75) is 13.3 Å². The number of carbonyl (C=O) groups is 1. The van der Waals surface area contributed by atoms with Crippen molar-refractivity contribution in [1.82, 2.24) is 0 Å². The van der Waals surface area contributed by atoms with Crippen LogP contribution in [0.4, 0.5) is 0 Å². The van der Waals surface area contributed by atoms with Crippen LogP contribution < -0.4 is 0 Å². The third kappa shape index (κ3) is 3.20. The molecule has 1 heterocycles. The van der Waals surface area contributed by atoms with Crippen molar-refractivity contribution < 1.29 is 4.79 Å². The molecule has 74 valence electrons. The summed E-state index contributed by atoms with van der Waals surface area (Å²) in [5.74, 6) is 0. The Hall–Kier alpha value is -0.730. The van der Waals surface area contributed by atoms with Gasteiger partial charge in [0.15, 0.2) is 6.29 Å². The molecular weight excluding hydrogens is 216 g/mol. The fourth-order valence-corrected chi connectivity index (χ4v) is 1.97. The van der Waals surface area contributed by atoms with Gasteiger partial charge in [-0.2, -0.15) is 0 Å². The van der Waals surface area contributed by atoms with Crippen molar-refractivity contribution in [1.29, 1.82) is 0 Å². The summed E-state index contributed by atoms with van der Waals surface area (Å²) in [5.41, 5.74) is 0. The van der Waals surface area contributed by atoms with E-state index in [1.165, 1.54) is 11.8 Å². The van der Waals surface area contributed by atoms with Gasteiger partial charge in [0.1, 0.15) is 0 Å². The van der Waals surface area contributed by atoms with Gasteiger partial charge in [0.2, 0.25) is 0 Å². The number of halogens is 1. The summed E-state index contributed by atoms with van der Waals surface area (Å²) in [6, 6.07) is 0. The Morgan fingerprint density at radius 1 is 1.50 bits per heavy atom. The third-order valence-corrected chi connectivity index (χ3v) is 3.33. The summed E-state index contributed by atoms with van der Waals surface area (Å²) in [7, 11) is 0. The Balaban J connectivity index is 3.01. The van der Waals surface area contributed by atoms with Gasteiger partial charge < -0.3 is 0 Å². The lowest BCUT2D eigenvalue weighted by atomic mass is 10.3. The summed E-state index contributed by atoms with van der Waals surface area (Å²) < 4.78 is 0. The molecule has 0 saturated carbocycles. The van der Waals surface area contributed by atoms with E-state index in [9.17, 15) is 4.79 Å². The largest absolute Gasteiger partial charge is 0.297 e. The number of allylic oxidation sites excluding steroid dienone is 7. The first kappa shape index (κ1) is 11.3. The number of aldehydes is 1. The number of rotatable bonds is 1. The van der Waals surface area contributed by atoms with E-state index in [0.717, 1.165) is 11.2 Å². The second-order valence-corrected chi connectivity index (χ2v) is 4.24. The second-order valence-electron chi connectivity index (χ2n) is 2.67. The zero-order valence-electron chi connectivity index (χ0n) is 7.87. The molecule has 3 heteroatoms. The van der Waals surface area contributed by atoms with Crippen molar-refractivity contribution in [3.05, 3.63) is 45.2 Å². The van der Waals surface area contributed by atoms with Crippen LogP contribution in [0.5, 0.6) is 0 Å². The lowest BCUT2D eigenvalue weighted by Gasteiger charge is -2.02. The summed E-state index contributed by atoms with van der Waals surface area (Å²) in [4.78, 5) is 12.4. The molecule has 0 aliphatic carbocycles. The van der Waals surface area contributed by atoms with E-state index in [2.05, 4.69) is 0 Å². The Kier molecular flexibility index (Phi) is 4.77. The minimum absolute atomic E-state index is 0.593. The third-order valence-electron chi connectivity index (χ3n) is 1.69. The van der Waals surface area contributed by atoms with Crippen LogP contribution in [0.15, 0.2) is 45.2 Å². The normalized spacial score (nSPS) is 20.6. The molecule has 0 unspecified atom stereocenters. The fraction of sp³-hybridized carbons (Fsp3) is 0.182. The van der Waals surface area contributed by atoms with Gasteiger partial charge in [0.25, 0.3) is 0 Å². The van der Waals surface area contributed by atoms with Gasteiger partial charge in [0, 0.05) is 16.4 Å². The highest BCUT2D eigenvalue weighted by Gasteiger charge is 2.06. The first-order valence-electron chi connectivity index (χ1n) is 4.29. The van der Waals surface area contributed by atoms with Crippen molar-refractivity contribution in [3.8, 4) is 0 Å². The Morgan fingerprint density at radius 3 is 2.93 bits per heavy atom. The first-order valence-corrected chi connectivity index (χ1v) is 5.48. The average molecular weight is 227 g/mol. The maximum Gasteiger partial charge on any atom is 0.157 e. The molecule has 0 atom stereocenters. The molecule has 0 aromatic rings. The van der Waals surface area contributed by atoms with Crippen LogP contribution in [0.2, 0.25) is 0 Å². The molecule has 0 fully saturated rings. The number of hydrogen-bond donors (Lipinski definition) is 0. The molecule has 0 radical (unpaired) electrons. The summed E-state index contributed by atoms with van der Waals surface area (Å²) in [6.07, 6.45) is 11.1. The van der Waals surface area contributed by atoms with Gasteiger partial charge in [-0.15, -0.1) is 0 Å². The molecule has 1 rings (SSSR count). The van der Waals surface area contributed by atoms with Crippen LogP contribution in [0.3, 0.4) is 0 Å². The summed E-state index contributed by atoms with van der Waals surface area (Å²) in [6.45, 7) is 1.94. The quantitative estimate of drug-likeness (QED) is 0.633. The monoisotopic (exact) mass is 226 g/mol. The van der Waals surface area contributed by atoms with Crippen molar-refractivity contribution in [2.24, 2.45) is 0 Å². The fourth-order valence-electron chi connectivity index (χ4n) is 0.961. The van der Waals surface area contributed by atoms with Crippen LogP contribution in [0, 0.1) is 0 Å². The Bertz CT molecular complexity index is 337. The lowest BCUT2D eigenvalue weighted by Crippen LogP contribution is -1.83.